The Kier molecular flexibility index (Phi) is 3.93. The maximum absolute atomic E-state index is 5.96. The zero-order valence-electron chi connectivity index (χ0n) is 5.43. The van der Waals surface area contributed by atoms with Crippen molar-refractivity contribution in [2.45, 2.75) is 0 Å². The van der Waals surface area contributed by atoms with E-state index in [2.05, 4.69) is 43.6 Å². The topological polar surface area (TPSA) is 9.23 Å². The Hall–Kier alpha value is 0.987. The molecule has 0 N–H and O–H groups in total. The summed E-state index contributed by atoms with van der Waals surface area (Å²) < 4.78 is 3.49. The van der Waals surface area contributed by atoms with Crippen molar-refractivity contribution in [2.75, 3.05) is 0 Å². The van der Waals surface area contributed by atoms with E-state index < -0.39 is 2.62 Å². The van der Waals surface area contributed by atoms with Gasteiger partial charge in [-0.2, -0.15) is 0 Å². The number of para-hydroxylation sites is 1. The second-order valence-corrected chi connectivity index (χ2v) is 23.7. The predicted molar refractivity (Wildman–Crippen MR) is 66.7 cm³/mol. The molecule has 0 spiro atoms. The quantitative estimate of drug-likeness (QED) is 0.411. The van der Waals surface area contributed by atoms with Gasteiger partial charge in [-0.05, 0) is 55.7 Å². The van der Waals surface area contributed by atoms with E-state index in [-0.39, 0.29) is 0 Å². The first-order valence-electron chi connectivity index (χ1n) is 2.89. The molecule has 0 radical (unpaired) electrons. The van der Waals surface area contributed by atoms with Crippen molar-refractivity contribution in [3.8, 4) is 5.75 Å². The van der Waals surface area contributed by atoms with Gasteiger partial charge in [0, 0.05) is 0 Å². The molecule has 1 rings (SSSR count). The lowest BCUT2D eigenvalue weighted by atomic mass is 10.3. The first-order valence-corrected chi connectivity index (χ1v) is 12.0. The summed E-state index contributed by atoms with van der Waals surface area (Å²) in [6.07, 6.45) is 0. The third-order valence-corrected chi connectivity index (χ3v) is 3.00. The first-order chi connectivity index (χ1) is 5.08. The zero-order chi connectivity index (χ0) is 8.32. The molecule has 0 saturated carbocycles. The van der Waals surface area contributed by atoms with Gasteiger partial charge in [0.25, 0.3) is 0 Å². The Labute approximate surface area is 96.7 Å². The van der Waals surface area contributed by atoms with Gasteiger partial charge in [-0.3, -0.25) is 0 Å². The molecule has 0 atom stereocenters. The van der Waals surface area contributed by atoms with Gasteiger partial charge in [0.15, 0.2) is 0 Å². The lowest BCUT2D eigenvalue weighted by Gasteiger charge is -2.11. The number of rotatable bonds is 2. The maximum atomic E-state index is 5.96. The highest BCUT2D eigenvalue weighted by Crippen LogP contribution is 2.29. The van der Waals surface area contributed by atoms with E-state index >= 15 is 0 Å². The molecule has 0 aliphatic rings. The van der Waals surface area contributed by atoms with E-state index in [4.69, 9.17) is 15.5 Å². The molecule has 0 amide bonds. The summed E-state index contributed by atoms with van der Waals surface area (Å²) >= 11 is 10.3. The molecule has 1 nitrogen and oxygen atoms in total. The summed E-state index contributed by atoms with van der Waals surface area (Å²) in [4.78, 5) is 0. The largest absolute Gasteiger partial charge is 0.515 e. The molecule has 5 heteroatoms. The van der Waals surface area contributed by atoms with Crippen molar-refractivity contribution >= 4 is 57.3 Å². The van der Waals surface area contributed by atoms with Crippen molar-refractivity contribution in [1.82, 2.24) is 0 Å². The van der Waals surface area contributed by atoms with Crippen molar-refractivity contribution in [3.63, 3.8) is 0 Å². The predicted octanol–water partition coefficient (Wildman–Crippen LogP) is 3.61. The summed E-state index contributed by atoms with van der Waals surface area (Å²) in [5.41, 5.74) is 0. The van der Waals surface area contributed by atoms with Crippen LogP contribution in [0.2, 0.25) is 0 Å². The SMILES string of the molecule is Cl[Si](I)(I)Oc1ccccc1. The number of hydrogen-bond acceptors (Lipinski definition) is 1. The monoisotopic (exact) mass is 410 g/mol. The van der Waals surface area contributed by atoms with Gasteiger partial charge in [-0.25, -0.2) is 0 Å². The summed E-state index contributed by atoms with van der Waals surface area (Å²) in [6, 6.07) is 9.62. The molecule has 0 unspecified atom stereocenters. The van der Waals surface area contributed by atoms with Gasteiger partial charge in [0.05, 0.1) is 0 Å². The van der Waals surface area contributed by atoms with Crippen LogP contribution >= 0.6 is 54.7 Å². The van der Waals surface area contributed by atoms with Crippen LogP contribution in [0, 0.1) is 0 Å². The van der Waals surface area contributed by atoms with E-state index in [0.29, 0.717) is 0 Å². The van der Waals surface area contributed by atoms with Gasteiger partial charge in [0.2, 0.25) is 0 Å². The van der Waals surface area contributed by atoms with Crippen LogP contribution in [-0.4, -0.2) is 2.62 Å². The minimum atomic E-state index is -1.99. The zero-order valence-corrected chi connectivity index (χ0v) is 11.5. The fourth-order valence-corrected chi connectivity index (χ4v) is 2.82. The Bertz CT molecular complexity index is 224. The van der Waals surface area contributed by atoms with Crippen molar-refractivity contribution in [2.24, 2.45) is 0 Å². The standard InChI is InChI=1S/C6H5ClI2OSi/c7-11(8,9)10-6-4-2-1-3-5-6/h1-5H. The van der Waals surface area contributed by atoms with Gasteiger partial charge in [-0.1, -0.05) is 29.3 Å². The highest BCUT2D eigenvalue weighted by molar-refractivity contribution is 14.3. The Balaban J connectivity index is 2.66. The van der Waals surface area contributed by atoms with Crippen LogP contribution in [0.3, 0.4) is 0 Å². The summed E-state index contributed by atoms with van der Waals surface area (Å²) in [5.74, 6) is 0.845. The summed E-state index contributed by atoms with van der Waals surface area (Å²) in [7, 11) is 0. The minimum Gasteiger partial charge on any atom is -0.515 e. The molecule has 0 fully saturated rings. The number of hydrogen-bond donors (Lipinski definition) is 0. The van der Waals surface area contributed by atoms with Crippen LogP contribution in [-0.2, 0) is 0 Å². The second kappa shape index (κ2) is 4.29. The Morgan fingerprint density at radius 1 is 1.18 bits per heavy atom. The van der Waals surface area contributed by atoms with E-state index in [1.54, 1.807) is 0 Å². The average molecular weight is 410 g/mol. The third-order valence-electron chi connectivity index (χ3n) is 0.977. The van der Waals surface area contributed by atoms with E-state index in [1.165, 1.54) is 0 Å². The molecule has 0 bridgehead atoms. The molecule has 0 heterocycles. The lowest BCUT2D eigenvalue weighted by molar-refractivity contribution is 0.605. The van der Waals surface area contributed by atoms with Crippen LogP contribution in [0.1, 0.15) is 0 Å². The first kappa shape index (κ1) is 10.1. The second-order valence-electron chi connectivity index (χ2n) is 1.86. The Morgan fingerprint density at radius 2 is 1.73 bits per heavy atom. The molecule has 0 aromatic heterocycles. The third kappa shape index (κ3) is 4.54. The van der Waals surface area contributed by atoms with E-state index in [1.807, 2.05) is 30.3 Å². The van der Waals surface area contributed by atoms with E-state index in [0.717, 1.165) is 5.75 Å². The van der Waals surface area contributed by atoms with Crippen LogP contribution in [0.5, 0.6) is 5.75 Å². The summed E-state index contributed by atoms with van der Waals surface area (Å²) in [6.45, 7) is 0. The lowest BCUT2D eigenvalue weighted by Crippen LogP contribution is -2.17. The molecule has 0 aliphatic carbocycles. The van der Waals surface area contributed by atoms with Gasteiger partial charge in [0.1, 0.15) is 5.75 Å². The molecule has 60 valence electrons. The minimum absolute atomic E-state index is 0.845. The maximum Gasteiger partial charge on any atom is 0.482 e. The highest BCUT2D eigenvalue weighted by atomic mass is 127. The van der Waals surface area contributed by atoms with Crippen LogP contribution in [0.25, 0.3) is 0 Å². The molecule has 11 heavy (non-hydrogen) atoms. The fraction of sp³-hybridized carbons (Fsp3) is 0. The van der Waals surface area contributed by atoms with Crippen molar-refractivity contribution in [1.29, 1.82) is 0 Å². The van der Waals surface area contributed by atoms with Gasteiger partial charge < -0.3 is 4.43 Å². The van der Waals surface area contributed by atoms with Crippen molar-refractivity contribution in [3.05, 3.63) is 30.3 Å². The normalized spacial score (nSPS) is 11.2. The molecule has 0 saturated heterocycles. The Morgan fingerprint density at radius 3 is 2.18 bits per heavy atom. The molecule has 1 aromatic carbocycles. The highest BCUT2D eigenvalue weighted by Gasteiger charge is 2.26. The van der Waals surface area contributed by atoms with Crippen LogP contribution < -0.4 is 4.43 Å². The van der Waals surface area contributed by atoms with Crippen LogP contribution in [0.4, 0.5) is 0 Å². The molecular weight excluding hydrogens is 405 g/mol. The molecular formula is C6H5ClI2OSi. The molecule has 1 aromatic rings. The van der Waals surface area contributed by atoms with Gasteiger partial charge >= 0.3 is 2.62 Å². The van der Waals surface area contributed by atoms with E-state index in [9.17, 15) is 0 Å². The fourth-order valence-electron chi connectivity index (χ4n) is 0.622. The van der Waals surface area contributed by atoms with Crippen molar-refractivity contribution < 1.29 is 4.43 Å². The number of benzene rings is 1. The molecule has 0 aliphatic heterocycles. The smallest absolute Gasteiger partial charge is 0.482 e. The number of halogens is 3. The van der Waals surface area contributed by atoms with Gasteiger partial charge in [-0.15, -0.1) is 0 Å². The van der Waals surface area contributed by atoms with Crippen LogP contribution in [0.15, 0.2) is 30.3 Å². The summed E-state index contributed by atoms with van der Waals surface area (Å²) in [5, 5.41) is 0. The average Bonchev–Trinajstić information content (AvgIpc) is 1.85.